The first-order valence-electron chi connectivity index (χ1n) is 4.59. The van der Waals surface area contributed by atoms with Crippen molar-refractivity contribution in [2.24, 2.45) is 0 Å². The van der Waals surface area contributed by atoms with Crippen LogP contribution in [0.25, 0.3) is 0 Å². The third-order valence-electron chi connectivity index (χ3n) is 1.90. The lowest BCUT2D eigenvalue weighted by atomic mass is 10.2. The van der Waals surface area contributed by atoms with E-state index in [-0.39, 0.29) is 12.0 Å². The molecule has 0 saturated heterocycles. The van der Waals surface area contributed by atoms with Crippen LogP contribution in [0, 0.1) is 0 Å². The van der Waals surface area contributed by atoms with Crippen LogP contribution in [0.5, 0.6) is 0 Å². The number of nitrogens with zero attached hydrogens (tertiary/aromatic N) is 1. The molecule has 0 radical (unpaired) electrons. The van der Waals surface area contributed by atoms with Gasteiger partial charge in [0.15, 0.2) is 0 Å². The van der Waals surface area contributed by atoms with Crippen molar-refractivity contribution in [2.45, 2.75) is 19.4 Å². The van der Waals surface area contributed by atoms with E-state index in [0.29, 0.717) is 13.0 Å². The minimum Gasteiger partial charge on any atom is -0.465 e. The van der Waals surface area contributed by atoms with E-state index in [9.17, 15) is 4.79 Å². The van der Waals surface area contributed by atoms with Crippen LogP contribution in [0.3, 0.4) is 0 Å². The lowest BCUT2D eigenvalue weighted by Crippen LogP contribution is -2.37. The number of hydrogen-bond donors (Lipinski definition) is 2. The summed E-state index contributed by atoms with van der Waals surface area (Å²) < 4.78 is 4.91. The fourth-order valence-electron chi connectivity index (χ4n) is 1.16. The van der Waals surface area contributed by atoms with Gasteiger partial charge in [0, 0.05) is 18.3 Å². The van der Waals surface area contributed by atoms with Crippen LogP contribution >= 0.6 is 0 Å². The van der Waals surface area contributed by atoms with Crippen LogP contribution in [0.1, 0.15) is 12.6 Å². The molecule has 0 saturated carbocycles. The van der Waals surface area contributed by atoms with E-state index in [4.69, 9.17) is 4.74 Å². The maximum atomic E-state index is 11.4. The van der Waals surface area contributed by atoms with Gasteiger partial charge in [-0.15, -0.1) is 0 Å². The summed E-state index contributed by atoms with van der Waals surface area (Å²) in [7, 11) is 1.73. The first-order chi connectivity index (χ1) is 6.77. The van der Waals surface area contributed by atoms with Gasteiger partial charge >= 0.3 is 5.97 Å². The number of H-pyrrole nitrogens is 1. The summed E-state index contributed by atoms with van der Waals surface area (Å²) in [6.07, 6.45) is 3.85. The van der Waals surface area contributed by atoms with Gasteiger partial charge < -0.3 is 15.0 Å². The third-order valence-corrected chi connectivity index (χ3v) is 1.90. The number of nitrogens with one attached hydrogen (secondary N) is 2. The molecule has 1 aromatic rings. The zero-order valence-corrected chi connectivity index (χ0v) is 8.41. The summed E-state index contributed by atoms with van der Waals surface area (Å²) in [4.78, 5) is 18.2. The van der Waals surface area contributed by atoms with E-state index in [2.05, 4.69) is 15.3 Å². The van der Waals surface area contributed by atoms with Gasteiger partial charge in [-0.25, -0.2) is 4.98 Å². The van der Waals surface area contributed by atoms with Crippen molar-refractivity contribution in [3.05, 3.63) is 18.2 Å². The van der Waals surface area contributed by atoms with Crippen LogP contribution < -0.4 is 5.32 Å². The minimum atomic E-state index is -0.310. The predicted molar refractivity (Wildman–Crippen MR) is 51.8 cm³/mol. The second-order valence-electron chi connectivity index (χ2n) is 2.87. The number of aromatic nitrogens is 2. The molecule has 14 heavy (non-hydrogen) atoms. The van der Waals surface area contributed by atoms with E-state index >= 15 is 0 Å². The molecule has 1 rings (SSSR count). The fraction of sp³-hybridized carbons (Fsp3) is 0.556. The normalized spacial score (nSPS) is 12.4. The number of hydrogen-bond acceptors (Lipinski definition) is 4. The van der Waals surface area contributed by atoms with Gasteiger partial charge in [0.25, 0.3) is 0 Å². The SMILES string of the molecule is CCOC(=O)[C@@H](Cc1cnc[nH]1)NC. The predicted octanol–water partition coefficient (Wildman–Crippen LogP) is 0.103. The quantitative estimate of drug-likeness (QED) is 0.657. The molecule has 2 N–H and O–H groups in total. The highest BCUT2D eigenvalue weighted by molar-refractivity contribution is 5.76. The number of imidazole rings is 1. The summed E-state index contributed by atoms with van der Waals surface area (Å²) in [6.45, 7) is 2.20. The van der Waals surface area contributed by atoms with Crippen LogP contribution in [0.15, 0.2) is 12.5 Å². The molecule has 0 aliphatic rings. The van der Waals surface area contributed by atoms with Gasteiger partial charge in [0.05, 0.1) is 12.9 Å². The summed E-state index contributed by atoms with van der Waals surface area (Å²) in [5.74, 6) is -0.232. The fourth-order valence-corrected chi connectivity index (χ4v) is 1.16. The zero-order chi connectivity index (χ0) is 10.4. The van der Waals surface area contributed by atoms with Crippen LogP contribution in [-0.4, -0.2) is 35.6 Å². The zero-order valence-electron chi connectivity index (χ0n) is 8.41. The lowest BCUT2D eigenvalue weighted by molar-refractivity contribution is -0.145. The third kappa shape index (κ3) is 2.85. The van der Waals surface area contributed by atoms with Gasteiger partial charge in [-0.1, -0.05) is 0 Å². The number of likely N-dealkylation sites (N-methyl/N-ethyl adjacent to an activating group) is 1. The average Bonchev–Trinajstić information content (AvgIpc) is 2.66. The van der Waals surface area contributed by atoms with Crippen molar-refractivity contribution < 1.29 is 9.53 Å². The van der Waals surface area contributed by atoms with Crippen molar-refractivity contribution in [1.82, 2.24) is 15.3 Å². The van der Waals surface area contributed by atoms with Gasteiger partial charge in [-0.05, 0) is 14.0 Å². The van der Waals surface area contributed by atoms with Gasteiger partial charge in [-0.3, -0.25) is 4.79 Å². The molecule has 1 atom stereocenters. The number of carbonyl (C=O) groups excluding carboxylic acids is 1. The molecule has 0 unspecified atom stereocenters. The largest absolute Gasteiger partial charge is 0.465 e. The highest BCUT2D eigenvalue weighted by atomic mass is 16.5. The number of rotatable bonds is 5. The molecule has 0 bridgehead atoms. The number of ether oxygens (including phenoxy) is 1. The lowest BCUT2D eigenvalue weighted by Gasteiger charge is -2.13. The Morgan fingerprint density at radius 2 is 2.57 bits per heavy atom. The van der Waals surface area contributed by atoms with E-state index < -0.39 is 0 Å². The number of aromatic amines is 1. The van der Waals surface area contributed by atoms with E-state index in [1.54, 1.807) is 26.5 Å². The van der Waals surface area contributed by atoms with Crippen LogP contribution in [0.2, 0.25) is 0 Å². The van der Waals surface area contributed by atoms with E-state index in [0.717, 1.165) is 5.69 Å². The Hall–Kier alpha value is -1.36. The van der Waals surface area contributed by atoms with E-state index in [1.807, 2.05) is 0 Å². The molecule has 5 nitrogen and oxygen atoms in total. The molecule has 0 aromatic carbocycles. The van der Waals surface area contributed by atoms with E-state index in [1.165, 1.54) is 0 Å². The standard InChI is InChI=1S/C9H15N3O2/c1-3-14-9(13)8(10-2)4-7-5-11-6-12-7/h5-6,8,10H,3-4H2,1-2H3,(H,11,12)/t8-/m1/s1. The second kappa shape index (κ2) is 5.39. The molecule has 1 heterocycles. The molecule has 0 spiro atoms. The molecule has 0 aliphatic heterocycles. The topological polar surface area (TPSA) is 67.0 Å². The Bertz CT molecular complexity index is 272. The highest BCUT2D eigenvalue weighted by Gasteiger charge is 2.18. The summed E-state index contributed by atoms with van der Waals surface area (Å²) in [5.41, 5.74) is 0.914. The molecule has 78 valence electrons. The van der Waals surface area contributed by atoms with Gasteiger partial charge in [0.1, 0.15) is 6.04 Å². The van der Waals surface area contributed by atoms with Crippen LogP contribution in [-0.2, 0) is 16.0 Å². The van der Waals surface area contributed by atoms with Crippen molar-refractivity contribution in [1.29, 1.82) is 0 Å². The summed E-state index contributed by atoms with van der Waals surface area (Å²) in [5, 5.41) is 2.90. The Balaban J connectivity index is 2.50. The summed E-state index contributed by atoms with van der Waals surface area (Å²) >= 11 is 0. The van der Waals surface area contributed by atoms with Crippen LogP contribution in [0.4, 0.5) is 0 Å². The maximum Gasteiger partial charge on any atom is 0.323 e. The summed E-state index contributed by atoms with van der Waals surface area (Å²) in [6, 6.07) is -0.310. The van der Waals surface area contributed by atoms with Crippen molar-refractivity contribution in [3.63, 3.8) is 0 Å². The van der Waals surface area contributed by atoms with Crippen molar-refractivity contribution >= 4 is 5.97 Å². The van der Waals surface area contributed by atoms with Crippen molar-refractivity contribution in [2.75, 3.05) is 13.7 Å². The maximum absolute atomic E-state index is 11.4. The van der Waals surface area contributed by atoms with Gasteiger partial charge in [-0.2, -0.15) is 0 Å². The second-order valence-corrected chi connectivity index (χ2v) is 2.87. The molecule has 0 amide bonds. The Kier molecular flexibility index (Phi) is 4.12. The molecule has 1 aromatic heterocycles. The Morgan fingerprint density at radius 3 is 3.07 bits per heavy atom. The highest BCUT2D eigenvalue weighted by Crippen LogP contribution is 1.99. The monoisotopic (exact) mass is 197 g/mol. The van der Waals surface area contributed by atoms with Gasteiger partial charge in [0.2, 0.25) is 0 Å². The smallest absolute Gasteiger partial charge is 0.323 e. The molecule has 5 heteroatoms. The molecular weight excluding hydrogens is 182 g/mol. The number of esters is 1. The molecule has 0 fully saturated rings. The minimum absolute atomic E-state index is 0.232. The number of carbonyl (C=O) groups is 1. The first kappa shape index (κ1) is 10.7. The Morgan fingerprint density at radius 1 is 1.79 bits per heavy atom. The molecule has 0 aliphatic carbocycles. The average molecular weight is 197 g/mol. The first-order valence-corrected chi connectivity index (χ1v) is 4.59. The van der Waals surface area contributed by atoms with Crippen molar-refractivity contribution in [3.8, 4) is 0 Å². The molecular formula is C9H15N3O2. The Labute approximate surface area is 82.9 Å².